The van der Waals surface area contributed by atoms with E-state index in [2.05, 4.69) is 12.2 Å². The van der Waals surface area contributed by atoms with E-state index >= 15 is 0 Å². The van der Waals surface area contributed by atoms with Crippen molar-refractivity contribution in [1.82, 2.24) is 5.06 Å². The highest BCUT2D eigenvalue weighted by Crippen LogP contribution is 2.06. The summed E-state index contributed by atoms with van der Waals surface area (Å²) in [6.45, 7) is 0. The van der Waals surface area contributed by atoms with E-state index < -0.39 is 11.8 Å². The van der Waals surface area contributed by atoms with E-state index in [0.717, 1.165) is 0 Å². The van der Waals surface area contributed by atoms with Gasteiger partial charge in [-0.25, -0.2) is 5.41 Å². The van der Waals surface area contributed by atoms with Crippen molar-refractivity contribution >= 4 is 29.2 Å². The van der Waals surface area contributed by atoms with Crippen LogP contribution in [0.3, 0.4) is 0 Å². The Hall–Kier alpha value is -1.10. The minimum Gasteiger partial charge on any atom is -0.279 e. The van der Waals surface area contributed by atoms with Crippen molar-refractivity contribution in [2.75, 3.05) is 0 Å². The van der Waals surface area contributed by atoms with Crippen molar-refractivity contribution in [3.63, 3.8) is 0 Å². The molecule has 0 unspecified atom stereocenters. The second-order valence-electron chi connectivity index (χ2n) is 1.70. The summed E-state index contributed by atoms with van der Waals surface area (Å²) in [4.78, 5) is 20.5. The first-order valence-electron chi connectivity index (χ1n) is 2.72. The van der Waals surface area contributed by atoms with Gasteiger partial charge in [-0.15, -0.1) is 0 Å². The Labute approximate surface area is 68.1 Å². The molecule has 6 heteroatoms. The molecular weight excluding hydrogens is 168 g/mol. The normalized spacial score (nSPS) is 15.5. The molecule has 1 heterocycles. The molecule has 0 aromatic carbocycles. The smallest absolute Gasteiger partial charge is 0.253 e. The molecule has 11 heavy (non-hydrogen) atoms. The number of nitrogens with zero attached hydrogens (tertiary/aromatic N) is 1. The van der Waals surface area contributed by atoms with Crippen molar-refractivity contribution in [2.45, 2.75) is 12.8 Å². The lowest BCUT2D eigenvalue weighted by atomic mass is 10.4. The van der Waals surface area contributed by atoms with Crippen molar-refractivity contribution in [1.29, 1.82) is 5.41 Å². The van der Waals surface area contributed by atoms with Gasteiger partial charge in [0.15, 0.2) is 0 Å². The van der Waals surface area contributed by atoms with E-state index in [1.807, 2.05) is 0 Å². The number of carbonyl (C=O) groups is 2. The number of nitrogens with one attached hydrogen (secondary N) is 1. The summed E-state index contributed by atoms with van der Waals surface area (Å²) in [5, 5.41) is 15.9. The fourth-order valence-electron chi connectivity index (χ4n) is 0.565. The maximum absolute atomic E-state index is 10.2. The van der Waals surface area contributed by atoms with Crippen molar-refractivity contribution in [3.8, 4) is 0 Å². The van der Waals surface area contributed by atoms with E-state index in [4.69, 9.17) is 10.6 Å². The number of amides is 2. The van der Waals surface area contributed by atoms with Gasteiger partial charge in [-0.3, -0.25) is 14.8 Å². The van der Waals surface area contributed by atoms with E-state index in [-0.39, 0.29) is 17.9 Å². The molecule has 5 nitrogen and oxygen atoms in total. The lowest BCUT2D eigenvalue weighted by molar-refractivity contribution is -0.171. The van der Waals surface area contributed by atoms with Gasteiger partial charge in [-0.2, -0.15) is 5.06 Å². The Morgan fingerprint density at radius 3 is 1.82 bits per heavy atom. The number of hydrogen-bond acceptors (Lipinski definition) is 5. The standard InChI is InChI=1S/C4H5NO3.CHNS/c6-3-1-2-4(7)5(3)8;2-1-3/h8H,1-2H2;2H. The summed E-state index contributed by atoms with van der Waals surface area (Å²) in [7, 11) is 0. The number of isothiocyanates is 1. The molecule has 1 aliphatic heterocycles. The highest BCUT2D eigenvalue weighted by atomic mass is 32.1. The zero-order valence-corrected chi connectivity index (χ0v) is 6.35. The van der Waals surface area contributed by atoms with Crippen molar-refractivity contribution < 1.29 is 14.8 Å². The average Bonchev–Trinajstić information content (AvgIpc) is 2.22. The fourth-order valence-corrected chi connectivity index (χ4v) is 0.565. The summed E-state index contributed by atoms with van der Waals surface area (Å²) in [6, 6.07) is 0. The summed E-state index contributed by atoms with van der Waals surface area (Å²) in [5.41, 5.74) is 0. The van der Waals surface area contributed by atoms with Crippen LogP contribution in [-0.2, 0) is 9.59 Å². The highest BCUT2D eigenvalue weighted by molar-refractivity contribution is 7.78. The number of imide groups is 1. The molecule has 0 aromatic rings. The second kappa shape index (κ2) is 4.68. The predicted molar refractivity (Wildman–Crippen MR) is 38.2 cm³/mol. The molecular formula is C5H6N2O3S. The molecule has 1 saturated heterocycles. The van der Waals surface area contributed by atoms with Gasteiger partial charge in [0.2, 0.25) is 0 Å². The van der Waals surface area contributed by atoms with Crippen LogP contribution >= 0.6 is 12.2 Å². The van der Waals surface area contributed by atoms with Crippen LogP contribution in [0.4, 0.5) is 0 Å². The Bertz CT molecular complexity index is 194. The fraction of sp³-hybridized carbons (Fsp3) is 0.400. The zero-order chi connectivity index (χ0) is 8.85. The molecule has 1 aliphatic rings. The Morgan fingerprint density at radius 2 is 1.73 bits per heavy atom. The number of hydrogen-bond donors (Lipinski definition) is 2. The summed E-state index contributed by atoms with van der Waals surface area (Å²) >= 11 is 3.81. The van der Waals surface area contributed by atoms with Gasteiger partial charge in [0.05, 0.1) is 5.16 Å². The minimum absolute atomic E-state index is 0.148. The van der Waals surface area contributed by atoms with Crippen molar-refractivity contribution in [2.24, 2.45) is 0 Å². The van der Waals surface area contributed by atoms with Gasteiger partial charge in [0.1, 0.15) is 0 Å². The number of carbonyl (C=O) groups excluding carboxylic acids is 2. The molecule has 0 spiro atoms. The van der Waals surface area contributed by atoms with Crippen LogP contribution in [0.5, 0.6) is 0 Å². The van der Waals surface area contributed by atoms with Gasteiger partial charge in [0, 0.05) is 12.8 Å². The first-order chi connectivity index (χ1) is 5.13. The van der Waals surface area contributed by atoms with Gasteiger partial charge >= 0.3 is 0 Å². The number of rotatable bonds is 0. The third-order valence-electron chi connectivity index (χ3n) is 1.03. The first-order valence-corrected chi connectivity index (χ1v) is 3.12. The highest BCUT2D eigenvalue weighted by Gasteiger charge is 2.26. The Balaban J connectivity index is 0.000000292. The lowest BCUT2D eigenvalue weighted by Gasteiger charge is -1.98. The molecule has 0 bridgehead atoms. The molecule has 2 N–H and O–H groups in total. The maximum atomic E-state index is 10.2. The third kappa shape index (κ3) is 2.99. The first kappa shape index (κ1) is 9.90. The molecule has 1 fully saturated rings. The molecule has 60 valence electrons. The topological polar surface area (TPSA) is 81.5 Å². The average molecular weight is 174 g/mol. The molecule has 0 radical (unpaired) electrons. The maximum Gasteiger partial charge on any atom is 0.253 e. The van der Waals surface area contributed by atoms with E-state index in [1.54, 1.807) is 5.16 Å². The quantitative estimate of drug-likeness (QED) is 0.238. The largest absolute Gasteiger partial charge is 0.279 e. The van der Waals surface area contributed by atoms with E-state index in [1.165, 1.54) is 0 Å². The SMILES string of the molecule is N=C=S.O=C1CCC(=O)N1O. The number of hydroxylamine groups is 2. The van der Waals surface area contributed by atoms with Gasteiger partial charge in [-0.05, 0) is 12.2 Å². The third-order valence-corrected chi connectivity index (χ3v) is 1.03. The molecule has 1 rings (SSSR count). The van der Waals surface area contributed by atoms with Crippen LogP contribution in [-0.4, -0.2) is 27.2 Å². The summed E-state index contributed by atoms with van der Waals surface area (Å²) in [5.74, 6) is -1.01. The van der Waals surface area contributed by atoms with Crippen molar-refractivity contribution in [3.05, 3.63) is 0 Å². The molecule has 0 aromatic heterocycles. The summed E-state index contributed by atoms with van der Waals surface area (Å²) in [6.07, 6.45) is 0.296. The van der Waals surface area contributed by atoms with Gasteiger partial charge in [-0.1, -0.05) is 0 Å². The second-order valence-corrected chi connectivity index (χ2v) is 1.91. The Kier molecular flexibility index (Phi) is 4.21. The molecule has 0 aliphatic carbocycles. The molecule has 0 atom stereocenters. The van der Waals surface area contributed by atoms with Gasteiger partial charge < -0.3 is 0 Å². The van der Waals surface area contributed by atoms with Gasteiger partial charge in [0.25, 0.3) is 11.8 Å². The molecule has 0 saturated carbocycles. The Morgan fingerprint density at radius 1 is 1.45 bits per heavy atom. The lowest BCUT2D eigenvalue weighted by Crippen LogP contribution is -2.24. The van der Waals surface area contributed by atoms with Crippen LogP contribution in [0.15, 0.2) is 0 Å². The van der Waals surface area contributed by atoms with Crippen LogP contribution in [0.25, 0.3) is 0 Å². The van der Waals surface area contributed by atoms with E-state index in [0.29, 0.717) is 0 Å². The predicted octanol–water partition coefficient (Wildman–Crippen LogP) is 0.193. The van der Waals surface area contributed by atoms with Crippen LogP contribution in [0.1, 0.15) is 12.8 Å². The van der Waals surface area contributed by atoms with Crippen LogP contribution < -0.4 is 0 Å². The summed E-state index contributed by atoms with van der Waals surface area (Å²) < 4.78 is 0. The van der Waals surface area contributed by atoms with Crippen LogP contribution in [0.2, 0.25) is 0 Å². The minimum atomic E-state index is -0.505. The van der Waals surface area contributed by atoms with E-state index in [9.17, 15) is 9.59 Å². The number of thiocarbonyl (C=S) groups is 1. The van der Waals surface area contributed by atoms with Crippen LogP contribution in [0, 0.1) is 5.41 Å². The monoisotopic (exact) mass is 174 g/mol. The molecule has 2 amide bonds. The zero-order valence-electron chi connectivity index (χ0n) is 5.53.